The lowest BCUT2D eigenvalue weighted by molar-refractivity contribution is -0.125. The molecule has 1 saturated heterocycles. The summed E-state index contributed by atoms with van der Waals surface area (Å²) >= 11 is 7.89. The number of hydrogen-bond donors (Lipinski definition) is 1. The van der Waals surface area contributed by atoms with Crippen molar-refractivity contribution in [3.63, 3.8) is 0 Å². The Kier molecular flexibility index (Phi) is 7.56. The Balaban J connectivity index is 1.74. The highest BCUT2D eigenvalue weighted by Crippen LogP contribution is 2.34. The van der Waals surface area contributed by atoms with Crippen molar-refractivity contribution in [2.75, 3.05) is 33.7 Å². The number of carbonyl (C=O) groups excluding carboxylic acids is 1. The van der Waals surface area contributed by atoms with Gasteiger partial charge in [-0.15, -0.1) is 0 Å². The van der Waals surface area contributed by atoms with Gasteiger partial charge in [-0.1, -0.05) is 29.4 Å². The van der Waals surface area contributed by atoms with Crippen molar-refractivity contribution in [3.8, 4) is 0 Å². The lowest BCUT2D eigenvalue weighted by Gasteiger charge is -2.24. The van der Waals surface area contributed by atoms with Crippen LogP contribution in [0.4, 0.5) is 4.39 Å². The van der Waals surface area contributed by atoms with E-state index in [9.17, 15) is 9.18 Å². The van der Waals surface area contributed by atoms with Crippen LogP contribution in [0.2, 0.25) is 5.02 Å². The fourth-order valence-corrected chi connectivity index (χ4v) is 4.83. The van der Waals surface area contributed by atoms with Gasteiger partial charge >= 0.3 is 0 Å². The molecular formula is C20H27ClFN5OS. The zero-order chi connectivity index (χ0) is 21.0. The van der Waals surface area contributed by atoms with Gasteiger partial charge in [0.2, 0.25) is 5.91 Å². The molecule has 9 heteroatoms. The maximum absolute atomic E-state index is 14.3. The van der Waals surface area contributed by atoms with E-state index in [0.29, 0.717) is 36.6 Å². The first-order valence-corrected chi connectivity index (χ1v) is 10.8. The number of imidazole rings is 1. The number of benzene rings is 1. The molecule has 0 bridgehead atoms. The fourth-order valence-electron chi connectivity index (χ4n) is 3.42. The molecule has 1 amide bonds. The maximum Gasteiger partial charge on any atom is 0.237 e. The average molecular weight is 440 g/mol. The van der Waals surface area contributed by atoms with Gasteiger partial charge in [0.15, 0.2) is 5.16 Å². The number of amides is 1. The van der Waals surface area contributed by atoms with Crippen molar-refractivity contribution in [1.29, 1.82) is 0 Å². The van der Waals surface area contributed by atoms with Crippen molar-refractivity contribution >= 4 is 29.3 Å². The molecule has 3 rings (SSSR count). The molecule has 0 spiro atoms. The van der Waals surface area contributed by atoms with Gasteiger partial charge in [-0.05, 0) is 32.6 Å². The zero-order valence-corrected chi connectivity index (χ0v) is 18.5. The standard InChI is InChI=1S/C20H27ClFN5OS/c1-25(2)9-7-23-19(28)18-11-14(29-20-24-8-10-26(20)3)12-27(18)13-15-16(21)5-4-6-17(15)22/h4-6,8,10,14,18H,7,9,11-13H2,1-3H3,(H,23,28)/t14-,18+/m1/s1. The van der Waals surface area contributed by atoms with Crippen LogP contribution in [-0.2, 0) is 18.4 Å². The smallest absolute Gasteiger partial charge is 0.237 e. The number of halogens is 2. The maximum atomic E-state index is 14.3. The quantitative estimate of drug-likeness (QED) is 0.685. The summed E-state index contributed by atoms with van der Waals surface area (Å²) in [5.74, 6) is -0.369. The SMILES string of the molecule is CN(C)CCNC(=O)[C@@H]1C[C@@H](Sc2nccn2C)CN1Cc1c(F)cccc1Cl. The van der Waals surface area contributed by atoms with Gasteiger partial charge in [0, 0.05) is 61.5 Å². The molecule has 2 atom stereocenters. The van der Waals surface area contributed by atoms with Crippen LogP contribution in [0.5, 0.6) is 0 Å². The predicted octanol–water partition coefficient (Wildman–Crippen LogP) is 2.63. The number of likely N-dealkylation sites (N-methyl/N-ethyl adjacent to an activating group) is 1. The van der Waals surface area contributed by atoms with Crippen molar-refractivity contribution in [2.45, 2.75) is 29.4 Å². The summed E-state index contributed by atoms with van der Waals surface area (Å²) in [4.78, 5) is 21.3. The summed E-state index contributed by atoms with van der Waals surface area (Å²) in [5, 5.41) is 4.49. The monoisotopic (exact) mass is 439 g/mol. The van der Waals surface area contributed by atoms with Crippen LogP contribution in [0.1, 0.15) is 12.0 Å². The van der Waals surface area contributed by atoms with Crippen molar-refractivity contribution in [3.05, 3.63) is 47.0 Å². The van der Waals surface area contributed by atoms with Crippen molar-refractivity contribution in [2.24, 2.45) is 7.05 Å². The third kappa shape index (κ3) is 5.72. The summed E-state index contributed by atoms with van der Waals surface area (Å²) in [6.45, 7) is 2.31. The van der Waals surface area contributed by atoms with E-state index in [1.165, 1.54) is 6.07 Å². The number of carbonyl (C=O) groups is 1. The molecule has 1 N–H and O–H groups in total. The minimum atomic E-state index is -0.343. The molecule has 158 valence electrons. The Morgan fingerprint density at radius 2 is 2.24 bits per heavy atom. The molecule has 1 aliphatic rings. The topological polar surface area (TPSA) is 53.4 Å². The number of likely N-dealkylation sites (tertiary alicyclic amines) is 1. The van der Waals surface area contributed by atoms with Crippen LogP contribution >= 0.6 is 23.4 Å². The highest BCUT2D eigenvalue weighted by molar-refractivity contribution is 7.99. The minimum Gasteiger partial charge on any atom is -0.353 e. The Bertz CT molecular complexity index is 826. The van der Waals surface area contributed by atoms with Crippen LogP contribution in [0.3, 0.4) is 0 Å². The lowest BCUT2D eigenvalue weighted by atomic mass is 10.1. The van der Waals surface area contributed by atoms with E-state index in [2.05, 4.69) is 10.3 Å². The molecule has 2 heterocycles. The number of aryl methyl sites for hydroxylation is 1. The van der Waals surface area contributed by atoms with E-state index in [4.69, 9.17) is 11.6 Å². The van der Waals surface area contributed by atoms with E-state index in [0.717, 1.165) is 11.7 Å². The number of nitrogens with zero attached hydrogens (tertiary/aromatic N) is 4. The molecule has 1 aliphatic heterocycles. The van der Waals surface area contributed by atoms with Gasteiger partial charge in [-0.25, -0.2) is 9.37 Å². The normalized spacial score (nSPS) is 19.8. The number of rotatable bonds is 8. The third-order valence-corrected chi connectivity index (χ3v) is 6.63. The van der Waals surface area contributed by atoms with E-state index in [1.807, 2.05) is 41.7 Å². The van der Waals surface area contributed by atoms with Crippen LogP contribution in [0.15, 0.2) is 35.7 Å². The molecule has 0 saturated carbocycles. The summed E-state index contributed by atoms with van der Waals surface area (Å²) < 4.78 is 16.3. The van der Waals surface area contributed by atoms with Gasteiger partial charge in [0.25, 0.3) is 0 Å². The second-order valence-corrected chi connectivity index (χ2v) is 9.21. The highest BCUT2D eigenvalue weighted by Gasteiger charge is 2.38. The molecule has 1 fully saturated rings. The van der Waals surface area contributed by atoms with E-state index in [-0.39, 0.29) is 23.0 Å². The molecule has 6 nitrogen and oxygen atoms in total. The molecule has 1 aromatic heterocycles. The number of hydrogen-bond acceptors (Lipinski definition) is 5. The van der Waals surface area contributed by atoms with Crippen LogP contribution in [0.25, 0.3) is 0 Å². The Hall–Kier alpha value is -1.61. The highest BCUT2D eigenvalue weighted by atomic mass is 35.5. The number of aromatic nitrogens is 2. The van der Waals surface area contributed by atoms with Gasteiger partial charge in [-0.2, -0.15) is 0 Å². The Labute approximate surface area is 180 Å². The van der Waals surface area contributed by atoms with Crippen LogP contribution < -0.4 is 5.32 Å². The first kappa shape index (κ1) is 22.1. The lowest BCUT2D eigenvalue weighted by Crippen LogP contribution is -2.44. The third-order valence-electron chi connectivity index (χ3n) is 5.00. The second kappa shape index (κ2) is 9.93. The predicted molar refractivity (Wildman–Crippen MR) is 115 cm³/mol. The first-order valence-electron chi connectivity index (χ1n) is 9.58. The van der Waals surface area contributed by atoms with Crippen LogP contribution in [-0.4, -0.2) is 70.3 Å². The summed E-state index contributed by atoms with van der Waals surface area (Å²) in [7, 11) is 5.88. The Morgan fingerprint density at radius 3 is 2.90 bits per heavy atom. The van der Waals surface area contributed by atoms with Crippen LogP contribution in [0, 0.1) is 5.82 Å². The van der Waals surface area contributed by atoms with E-state index < -0.39 is 0 Å². The summed E-state index contributed by atoms with van der Waals surface area (Å²) in [6.07, 6.45) is 4.34. The van der Waals surface area contributed by atoms with Gasteiger partial charge in [0.1, 0.15) is 5.82 Å². The largest absolute Gasteiger partial charge is 0.353 e. The first-order chi connectivity index (χ1) is 13.8. The average Bonchev–Trinajstić information content (AvgIpc) is 3.24. The van der Waals surface area contributed by atoms with Gasteiger partial charge in [-0.3, -0.25) is 9.69 Å². The zero-order valence-electron chi connectivity index (χ0n) is 16.9. The van der Waals surface area contributed by atoms with Crippen molar-refractivity contribution in [1.82, 2.24) is 24.7 Å². The van der Waals surface area contributed by atoms with Crippen molar-refractivity contribution < 1.29 is 9.18 Å². The molecule has 0 aliphatic carbocycles. The molecule has 2 aromatic rings. The van der Waals surface area contributed by atoms with Gasteiger partial charge in [0.05, 0.1) is 6.04 Å². The number of nitrogens with one attached hydrogen (secondary N) is 1. The minimum absolute atomic E-state index is 0.0257. The number of thioether (sulfide) groups is 1. The van der Waals surface area contributed by atoms with E-state index in [1.54, 1.807) is 30.1 Å². The molecular weight excluding hydrogens is 413 g/mol. The van der Waals surface area contributed by atoms with Gasteiger partial charge < -0.3 is 14.8 Å². The Morgan fingerprint density at radius 1 is 1.45 bits per heavy atom. The summed E-state index contributed by atoms with van der Waals surface area (Å²) in [5.41, 5.74) is 0.433. The molecule has 1 aromatic carbocycles. The molecule has 0 radical (unpaired) electrons. The molecule has 0 unspecified atom stereocenters. The fraction of sp³-hybridized carbons (Fsp3) is 0.500. The second-order valence-electron chi connectivity index (χ2n) is 7.54. The molecule has 29 heavy (non-hydrogen) atoms. The summed E-state index contributed by atoms with van der Waals surface area (Å²) in [6, 6.07) is 4.35. The van der Waals surface area contributed by atoms with E-state index >= 15 is 0 Å².